The van der Waals surface area contributed by atoms with Crippen LogP contribution in [0.3, 0.4) is 0 Å². The molecule has 3 aromatic carbocycles. The summed E-state index contributed by atoms with van der Waals surface area (Å²) in [7, 11) is 0. The number of carbonyl (C=O) groups is 4. The van der Waals surface area contributed by atoms with Gasteiger partial charge in [-0.3, -0.25) is 4.79 Å². The number of rotatable bonds is 39. The van der Waals surface area contributed by atoms with Crippen molar-refractivity contribution < 1.29 is 52.3 Å². The molecule has 420 valence electrons. The van der Waals surface area contributed by atoms with Gasteiger partial charge in [0.25, 0.3) is 0 Å². The predicted molar refractivity (Wildman–Crippen MR) is 299 cm³/mol. The Hall–Kier alpha value is -4.88. The van der Waals surface area contributed by atoms with Crippen molar-refractivity contribution in [2.45, 2.75) is 243 Å². The maximum Gasteiger partial charge on any atom is 0.338 e. The number of allylic oxidation sites excluding steroid dienone is 1. The van der Waals surface area contributed by atoms with Crippen LogP contribution in [-0.2, 0) is 38.0 Å². The van der Waals surface area contributed by atoms with Crippen LogP contribution >= 0.6 is 0 Å². The van der Waals surface area contributed by atoms with Crippen molar-refractivity contribution >= 4 is 23.8 Å². The van der Waals surface area contributed by atoms with Gasteiger partial charge in [0.1, 0.15) is 31.0 Å². The Morgan fingerprint density at radius 2 is 1.01 bits per heavy atom. The summed E-state index contributed by atoms with van der Waals surface area (Å²) in [5.41, 5.74) is 1.04. The molecule has 5 rings (SSSR count). The van der Waals surface area contributed by atoms with E-state index in [2.05, 4.69) is 19.2 Å². The van der Waals surface area contributed by atoms with E-state index < -0.39 is 66.5 Å². The Kier molecular flexibility index (Phi) is 29.6. The molecule has 2 fully saturated rings. The topological polar surface area (TPSA) is 145 Å². The van der Waals surface area contributed by atoms with E-state index >= 15 is 0 Å². The molecule has 1 amide bonds. The normalized spacial score (nSPS) is 19.7. The van der Waals surface area contributed by atoms with Crippen LogP contribution in [0.2, 0.25) is 0 Å². The molecule has 0 radical (unpaired) electrons. The second-order valence-corrected chi connectivity index (χ2v) is 21.3. The summed E-state index contributed by atoms with van der Waals surface area (Å²) in [5, 5.41) is 3.18. The smallest absolute Gasteiger partial charge is 0.338 e. The standard InChI is InChI=1S/C64H93NO11/c1-5-7-9-11-13-15-17-19-21-23-25-27-38-46-54(72-61(68)51-42-34-30-35-43-51)53(65-56(66)47-39-28-26-24-22-20-18-16-14-12-10-8-6-2)48-71-63-59(74-62(69)52-44-36-31-37-45-52)58-57(75-64(3,4)76-58)55(73-63)49-70-60(67)50-40-32-29-33-41-50/h29-38,40-46,53-55,57-59,63H,5-28,39,47-49H2,1-4H3,(H,65,66)/b46-38+/t53-,54+,55+,57-,58-,59+,63+/m0/s1. The Labute approximate surface area is 456 Å². The fraction of sp³-hybridized carbons (Fsp3) is 0.625. The maximum absolute atomic E-state index is 14.0. The van der Waals surface area contributed by atoms with Crippen LogP contribution in [0.15, 0.2) is 103 Å². The molecule has 76 heavy (non-hydrogen) atoms. The van der Waals surface area contributed by atoms with Gasteiger partial charge in [-0.05, 0) is 75.6 Å². The SMILES string of the molecule is CCCCCCCCCCCCC/C=C/[C@@H](OC(=O)c1ccccc1)[C@H](CO[C@@H]1O[C@H](COC(=O)c2ccccc2)[C@@H]2OC(C)(C)O[C@@H]2[C@H]1OC(=O)c1ccccc1)NC(=O)CCCCCCCCCCCCCCC. The second-order valence-electron chi connectivity index (χ2n) is 21.3. The highest BCUT2D eigenvalue weighted by Gasteiger charge is 2.58. The van der Waals surface area contributed by atoms with Gasteiger partial charge in [-0.1, -0.05) is 216 Å². The summed E-state index contributed by atoms with van der Waals surface area (Å²) in [5.74, 6) is -3.07. The molecule has 0 unspecified atom stereocenters. The molecule has 0 aromatic heterocycles. The Morgan fingerprint density at radius 1 is 0.566 bits per heavy atom. The number of unbranched alkanes of at least 4 members (excludes halogenated alkanes) is 23. The van der Waals surface area contributed by atoms with Crippen molar-refractivity contribution in [3.8, 4) is 0 Å². The monoisotopic (exact) mass is 1050 g/mol. The summed E-state index contributed by atoms with van der Waals surface area (Å²) in [6.45, 7) is 7.55. The summed E-state index contributed by atoms with van der Waals surface area (Å²) in [6, 6.07) is 25.1. The lowest BCUT2D eigenvalue weighted by Crippen LogP contribution is -2.60. The maximum atomic E-state index is 14.0. The third kappa shape index (κ3) is 23.4. The zero-order chi connectivity index (χ0) is 54.1. The lowest BCUT2D eigenvalue weighted by Gasteiger charge is -2.41. The number of amides is 1. The van der Waals surface area contributed by atoms with Crippen LogP contribution in [0.5, 0.6) is 0 Å². The van der Waals surface area contributed by atoms with Crippen molar-refractivity contribution in [3.63, 3.8) is 0 Å². The highest BCUT2D eigenvalue weighted by atomic mass is 16.8. The van der Waals surface area contributed by atoms with Gasteiger partial charge in [0.2, 0.25) is 5.91 Å². The van der Waals surface area contributed by atoms with Crippen LogP contribution in [-0.4, -0.2) is 85.7 Å². The van der Waals surface area contributed by atoms with Crippen LogP contribution in [0, 0.1) is 0 Å². The second kappa shape index (κ2) is 36.3. The number of hydrogen-bond donors (Lipinski definition) is 1. The van der Waals surface area contributed by atoms with Gasteiger partial charge in [-0.15, -0.1) is 0 Å². The highest BCUT2D eigenvalue weighted by molar-refractivity contribution is 5.90. The summed E-state index contributed by atoms with van der Waals surface area (Å²) < 4.78 is 44.5. The fourth-order valence-electron chi connectivity index (χ4n) is 9.99. The molecule has 0 aliphatic carbocycles. The molecule has 12 heteroatoms. The van der Waals surface area contributed by atoms with E-state index in [0.717, 1.165) is 38.5 Å². The van der Waals surface area contributed by atoms with Crippen molar-refractivity contribution in [3.05, 3.63) is 120 Å². The minimum absolute atomic E-state index is 0.201. The van der Waals surface area contributed by atoms with E-state index in [1.807, 2.05) is 24.3 Å². The minimum Gasteiger partial charge on any atom is -0.459 e. The van der Waals surface area contributed by atoms with Gasteiger partial charge >= 0.3 is 17.9 Å². The molecule has 2 aliphatic heterocycles. The van der Waals surface area contributed by atoms with Gasteiger partial charge in [0, 0.05) is 6.42 Å². The first-order valence-corrected chi connectivity index (χ1v) is 29.4. The quantitative estimate of drug-likeness (QED) is 0.0252. The molecule has 3 aromatic rings. The Morgan fingerprint density at radius 3 is 1.53 bits per heavy atom. The molecule has 0 bridgehead atoms. The Bertz CT molecular complexity index is 2080. The number of carbonyl (C=O) groups excluding carboxylic acids is 4. The number of fused-ring (bicyclic) bond motifs is 1. The summed E-state index contributed by atoms with van der Waals surface area (Å²) in [4.78, 5) is 55.0. The van der Waals surface area contributed by atoms with Crippen molar-refractivity contribution in [1.29, 1.82) is 0 Å². The van der Waals surface area contributed by atoms with E-state index in [0.29, 0.717) is 23.1 Å². The number of benzene rings is 3. The van der Waals surface area contributed by atoms with Gasteiger partial charge in [0.05, 0.1) is 29.3 Å². The van der Waals surface area contributed by atoms with Crippen molar-refractivity contribution in [1.82, 2.24) is 5.32 Å². The largest absolute Gasteiger partial charge is 0.459 e. The van der Waals surface area contributed by atoms with Gasteiger partial charge in [0.15, 0.2) is 18.2 Å². The molecule has 2 saturated heterocycles. The molecule has 7 atom stereocenters. The molecule has 2 aliphatic rings. The number of nitrogens with one attached hydrogen (secondary N) is 1. The Balaban J connectivity index is 1.33. The lowest BCUT2D eigenvalue weighted by molar-refractivity contribution is -0.283. The predicted octanol–water partition coefficient (Wildman–Crippen LogP) is 14.8. The zero-order valence-electron chi connectivity index (χ0n) is 46.6. The van der Waals surface area contributed by atoms with E-state index in [-0.39, 0.29) is 25.5 Å². The fourth-order valence-corrected chi connectivity index (χ4v) is 9.99. The number of hydrogen-bond acceptors (Lipinski definition) is 11. The average Bonchev–Trinajstić information content (AvgIpc) is 3.79. The van der Waals surface area contributed by atoms with Crippen LogP contribution < -0.4 is 5.32 Å². The van der Waals surface area contributed by atoms with Crippen LogP contribution in [0.4, 0.5) is 0 Å². The highest BCUT2D eigenvalue weighted by Crippen LogP contribution is 2.40. The van der Waals surface area contributed by atoms with Gasteiger partial charge in [-0.25, -0.2) is 14.4 Å². The molecule has 0 spiro atoms. The first-order chi connectivity index (χ1) is 37.1. The number of ether oxygens (including phenoxy) is 7. The molecule has 0 saturated carbocycles. The molecule has 1 N–H and O–H groups in total. The molecular weight excluding hydrogens is 959 g/mol. The van der Waals surface area contributed by atoms with E-state index in [1.165, 1.54) is 116 Å². The van der Waals surface area contributed by atoms with Gasteiger partial charge in [-0.2, -0.15) is 0 Å². The van der Waals surface area contributed by atoms with Crippen LogP contribution in [0.1, 0.15) is 226 Å². The molecule has 12 nitrogen and oxygen atoms in total. The van der Waals surface area contributed by atoms with E-state index in [4.69, 9.17) is 33.2 Å². The first kappa shape index (κ1) is 62.0. The molecular formula is C64H93NO11. The lowest BCUT2D eigenvalue weighted by atomic mass is 9.98. The minimum atomic E-state index is -1.31. The average molecular weight is 1050 g/mol. The zero-order valence-corrected chi connectivity index (χ0v) is 46.6. The molecule has 2 heterocycles. The first-order valence-electron chi connectivity index (χ1n) is 29.4. The third-order valence-electron chi connectivity index (χ3n) is 14.3. The van der Waals surface area contributed by atoms with E-state index in [9.17, 15) is 19.2 Å². The third-order valence-corrected chi connectivity index (χ3v) is 14.3. The van der Waals surface area contributed by atoms with Gasteiger partial charge < -0.3 is 38.5 Å². The summed E-state index contributed by atoms with van der Waals surface area (Å²) in [6.07, 6.45) is 27.9. The number of esters is 3. The summed E-state index contributed by atoms with van der Waals surface area (Å²) >= 11 is 0. The van der Waals surface area contributed by atoms with Crippen molar-refractivity contribution in [2.75, 3.05) is 13.2 Å². The van der Waals surface area contributed by atoms with Crippen molar-refractivity contribution in [2.24, 2.45) is 0 Å². The van der Waals surface area contributed by atoms with Crippen LogP contribution in [0.25, 0.3) is 0 Å². The van der Waals surface area contributed by atoms with E-state index in [1.54, 1.807) is 92.7 Å².